The van der Waals surface area contributed by atoms with Crippen LogP contribution in [-0.4, -0.2) is 71.8 Å². The second-order valence-electron chi connectivity index (χ2n) is 10.2. The summed E-state index contributed by atoms with van der Waals surface area (Å²) in [4.78, 5) is 27.5. The lowest BCUT2D eigenvalue weighted by Crippen LogP contribution is -2.61. The predicted molar refractivity (Wildman–Crippen MR) is 124 cm³/mol. The average molecular weight is 467 g/mol. The van der Waals surface area contributed by atoms with E-state index < -0.39 is 41.6 Å². The molecule has 1 aliphatic carbocycles. The van der Waals surface area contributed by atoms with Gasteiger partial charge in [-0.1, -0.05) is 48.5 Å². The van der Waals surface area contributed by atoms with E-state index in [1.54, 1.807) is 20.8 Å². The molecular weight excluding hydrogens is 436 g/mol. The summed E-state index contributed by atoms with van der Waals surface area (Å²) >= 11 is 0. The Morgan fingerprint density at radius 1 is 1.09 bits per heavy atom. The minimum absolute atomic E-state index is 0.0522. The van der Waals surface area contributed by atoms with Crippen LogP contribution in [0.5, 0.6) is 0 Å². The van der Waals surface area contributed by atoms with Crippen molar-refractivity contribution in [3.63, 3.8) is 0 Å². The molecule has 0 radical (unpaired) electrons. The Kier molecular flexibility index (Phi) is 5.33. The average Bonchev–Trinajstić information content (AvgIpc) is 3.43. The van der Waals surface area contributed by atoms with Gasteiger partial charge in [-0.15, -0.1) is 0 Å². The molecule has 0 bridgehead atoms. The molecule has 2 fully saturated rings. The van der Waals surface area contributed by atoms with Gasteiger partial charge in [0.2, 0.25) is 0 Å². The van der Waals surface area contributed by atoms with Gasteiger partial charge in [0.1, 0.15) is 23.3 Å². The molecule has 0 spiro atoms. The van der Waals surface area contributed by atoms with Gasteiger partial charge in [-0.05, 0) is 43.0 Å². The Hall–Kier alpha value is -3.10. The van der Waals surface area contributed by atoms with E-state index in [0.717, 1.165) is 22.3 Å². The lowest BCUT2D eigenvalue weighted by molar-refractivity contribution is 0.0115. The molecule has 0 aromatic heterocycles. The highest BCUT2D eigenvalue weighted by molar-refractivity contribution is 5.81. The molecular formula is C26H30N2O6. The number of rotatable bonds is 2. The summed E-state index contributed by atoms with van der Waals surface area (Å²) in [6, 6.07) is 15.4. The summed E-state index contributed by atoms with van der Waals surface area (Å²) in [7, 11) is 1.31. The van der Waals surface area contributed by atoms with Gasteiger partial charge in [-0.2, -0.15) is 0 Å². The van der Waals surface area contributed by atoms with Crippen LogP contribution >= 0.6 is 0 Å². The second kappa shape index (κ2) is 7.99. The number of methoxy groups -OCH3 is 1. The summed E-state index contributed by atoms with van der Waals surface area (Å²) in [6.45, 7) is 5.55. The zero-order valence-electron chi connectivity index (χ0n) is 19.8. The maximum atomic E-state index is 13.2. The number of carbonyl (C=O) groups excluding carboxylic acids is 2. The number of carbonyl (C=O) groups is 2. The van der Waals surface area contributed by atoms with Crippen LogP contribution < -0.4 is 5.32 Å². The van der Waals surface area contributed by atoms with Crippen LogP contribution in [0.4, 0.5) is 9.59 Å². The summed E-state index contributed by atoms with van der Waals surface area (Å²) < 4.78 is 16.8. The molecule has 0 saturated carbocycles. The Balaban J connectivity index is 1.69. The van der Waals surface area contributed by atoms with Crippen molar-refractivity contribution in [3.05, 3.63) is 59.7 Å². The summed E-state index contributed by atoms with van der Waals surface area (Å²) in [5.74, 6) is -0.333. The zero-order valence-corrected chi connectivity index (χ0v) is 19.8. The van der Waals surface area contributed by atoms with E-state index in [2.05, 4.69) is 17.4 Å². The van der Waals surface area contributed by atoms with Crippen LogP contribution in [0.3, 0.4) is 0 Å². The largest absolute Gasteiger partial charge is 0.453 e. The van der Waals surface area contributed by atoms with Crippen molar-refractivity contribution in [3.8, 4) is 11.1 Å². The van der Waals surface area contributed by atoms with Crippen LogP contribution in [-0.2, 0) is 14.2 Å². The van der Waals surface area contributed by atoms with E-state index in [4.69, 9.17) is 14.2 Å². The zero-order chi connectivity index (χ0) is 24.3. The molecule has 8 nitrogen and oxygen atoms in total. The van der Waals surface area contributed by atoms with Gasteiger partial charge in [0.05, 0.1) is 26.3 Å². The van der Waals surface area contributed by atoms with Crippen molar-refractivity contribution in [2.24, 2.45) is 0 Å². The first-order chi connectivity index (χ1) is 16.2. The first kappa shape index (κ1) is 22.7. The Morgan fingerprint density at radius 2 is 1.68 bits per heavy atom. The van der Waals surface area contributed by atoms with Crippen LogP contribution in [0.2, 0.25) is 0 Å². The highest BCUT2D eigenvalue weighted by Gasteiger charge is 2.65. The predicted octanol–water partition coefficient (Wildman–Crippen LogP) is 3.27. The molecule has 5 rings (SSSR count). The number of amides is 2. The van der Waals surface area contributed by atoms with E-state index in [9.17, 15) is 14.7 Å². The van der Waals surface area contributed by atoms with Gasteiger partial charge in [0.15, 0.2) is 0 Å². The van der Waals surface area contributed by atoms with E-state index >= 15 is 0 Å². The normalized spacial score (nSPS) is 27.7. The molecule has 2 saturated heterocycles. The molecule has 8 heteroatoms. The summed E-state index contributed by atoms with van der Waals surface area (Å²) in [6.07, 6.45) is -2.76. The van der Waals surface area contributed by atoms with Crippen LogP contribution in [0.25, 0.3) is 11.1 Å². The molecule has 0 unspecified atom stereocenters. The third-order valence-electron chi connectivity index (χ3n) is 6.94. The molecule has 2 heterocycles. The number of nitrogens with zero attached hydrogens (tertiary/aromatic N) is 1. The highest BCUT2D eigenvalue weighted by atomic mass is 16.6. The van der Waals surface area contributed by atoms with Crippen molar-refractivity contribution < 1.29 is 28.9 Å². The van der Waals surface area contributed by atoms with Crippen molar-refractivity contribution in [1.29, 1.82) is 0 Å². The van der Waals surface area contributed by atoms with E-state index in [1.807, 2.05) is 36.4 Å². The fourth-order valence-electron chi connectivity index (χ4n) is 5.85. The van der Waals surface area contributed by atoms with Gasteiger partial charge in [-0.3, -0.25) is 4.90 Å². The molecule has 2 aromatic carbocycles. The van der Waals surface area contributed by atoms with Gasteiger partial charge in [0.25, 0.3) is 0 Å². The number of fused-ring (bicyclic) bond motifs is 4. The number of likely N-dealkylation sites (tertiary alicyclic amines) is 1. The lowest BCUT2D eigenvalue weighted by Gasteiger charge is -2.40. The van der Waals surface area contributed by atoms with E-state index in [-0.39, 0.29) is 19.1 Å². The Bertz CT molecular complexity index is 1080. The maximum absolute atomic E-state index is 13.2. The molecule has 3 aliphatic rings. The molecule has 4 atom stereocenters. The fourth-order valence-corrected chi connectivity index (χ4v) is 5.85. The third-order valence-corrected chi connectivity index (χ3v) is 6.94. The standard InChI is InChI=1S/C26H30N2O6/c1-25(2,3)34-23(30)27-26(14-28(24(31)32-4)21-19(29)13-33-22(21)26)20-17-11-7-5-9-15(17)16-10-6-8-12-18(16)20/h5-12,19-22,29H,13-14H2,1-4H3,(H,27,30)/t19-,21+,22-,26-/m0/s1. The monoisotopic (exact) mass is 466 g/mol. The third kappa shape index (κ3) is 3.44. The van der Waals surface area contributed by atoms with Gasteiger partial charge in [-0.25, -0.2) is 9.59 Å². The highest BCUT2D eigenvalue weighted by Crippen LogP contribution is 2.54. The number of hydrogen-bond donors (Lipinski definition) is 2. The maximum Gasteiger partial charge on any atom is 0.410 e. The van der Waals surface area contributed by atoms with Crippen LogP contribution in [0.15, 0.2) is 48.5 Å². The fraction of sp³-hybridized carbons (Fsp3) is 0.462. The minimum Gasteiger partial charge on any atom is -0.453 e. The first-order valence-corrected chi connectivity index (χ1v) is 11.5. The van der Waals surface area contributed by atoms with Gasteiger partial charge in [0, 0.05) is 5.92 Å². The van der Waals surface area contributed by atoms with Crippen molar-refractivity contribution >= 4 is 12.2 Å². The summed E-state index contributed by atoms with van der Waals surface area (Å²) in [5.41, 5.74) is 2.37. The number of hydrogen-bond acceptors (Lipinski definition) is 6. The van der Waals surface area contributed by atoms with E-state index in [1.165, 1.54) is 12.0 Å². The number of alkyl carbamates (subject to hydrolysis) is 1. The molecule has 2 aliphatic heterocycles. The Labute approximate surface area is 198 Å². The number of aliphatic hydroxyl groups excluding tert-OH is 1. The summed E-state index contributed by atoms with van der Waals surface area (Å²) in [5, 5.41) is 13.9. The minimum atomic E-state index is -1.10. The SMILES string of the molecule is COC(=O)N1C[C@](NC(=O)OC(C)(C)C)(C2c3ccccc3-c3ccccc32)[C@H]2OC[C@H](O)[C@H]21. The van der Waals surface area contributed by atoms with Crippen molar-refractivity contribution in [1.82, 2.24) is 10.2 Å². The number of ether oxygens (including phenoxy) is 3. The lowest BCUT2D eigenvalue weighted by atomic mass is 9.74. The molecule has 2 aromatic rings. The van der Waals surface area contributed by atoms with Crippen LogP contribution in [0, 0.1) is 0 Å². The topological polar surface area (TPSA) is 97.3 Å². The van der Waals surface area contributed by atoms with E-state index in [0.29, 0.717) is 0 Å². The number of benzene rings is 2. The van der Waals surface area contributed by atoms with Gasteiger partial charge < -0.3 is 24.6 Å². The molecule has 180 valence electrons. The number of nitrogens with one attached hydrogen (secondary N) is 1. The van der Waals surface area contributed by atoms with Gasteiger partial charge >= 0.3 is 12.2 Å². The molecule has 2 N–H and O–H groups in total. The quantitative estimate of drug-likeness (QED) is 0.705. The Morgan fingerprint density at radius 3 is 2.24 bits per heavy atom. The van der Waals surface area contributed by atoms with Crippen molar-refractivity contribution in [2.75, 3.05) is 20.3 Å². The van der Waals surface area contributed by atoms with Crippen molar-refractivity contribution in [2.45, 2.75) is 56.1 Å². The first-order valence-electron chi connectivity index (χ1n) is 11.5. The molecule has 34 heavy (non-hydrogen) atoms. The smallest absolute Gasteiger partial charge is 0.410 e. The van der Waals surface area contributed by atoms with Crippen LogP contribution in [0.1, 0.15) is 37.8 Å². The molecule has 2 amide bonds. The number of aliphatic hydroxyl groups is 1. The second-order valence-corrected chi connectivity index (χ2v) is 10.2.